The molecule has 6 nitrogen and oxygen atoms in total. The van der Waals surface area contributed by atoms with Gasteiger partial charge in [0.1, 0.15) is 6.54 Å². The Hall–Kier alpha value is -2.89. The summed E-state index contributed by atoms with van der Waals surface area (Å²) in [5.41, 5.74) is 1.05. The lowest BCUT2D eigenvalue weighted by Gasteiger charge is -2.20. The Morgan fingerprint density at radius 1 is 1.09 bits per heavy atom. The summed E-state index contributed by atoms with van der Waals surface area (Å²) in [5, 5.41) is 2.79. The molecule has 1 aliphatic rings. The topological polar surface area (TPSA) is 71.4 Å². The number of pyridine rings is 1. The predicted molar refractivity (Wildman–Crippen MR) is 87.4 cm³/mol. The lowest BCUT2D eigenvalue weighted by atomic mass is 10.2. The molecule has 0 saturated carbocycles. The van der Waals surface area contributed by atoms with Gasteiger partial charge in [0, 0.05) is 25.2 Å². The number of carbonyl (C=O) groups is 2. The fourth-order valence-electron chi connectivity index (χ4n) is 2.65. The van der Waals surface area contributed by atoms with Crippen molar-refractivity contribution in [2.45, 2.75) is 19.4 Å². The molecule has 0 aliphatic carbocycles. The van der Waals surface area contributed by atoms with E-state index in [0.717, 1.165) is 6.42 Å². The van der Waals surface area contributed by atoms with Gasteiger partial charge in [-0.1, -0.05) is 18.2 Å². The van der Waals surface area contributed by atoms with E-state index in [-0.39, 0.29) is 23.9 Å². The summed E-state index contributed by atoms with van der Waals surface area (Å²) in [5.74, 6) is -0.247. The molecule has 2 amide bonds. The Balaban J connectivity index is 1.78. The highest BCUT2D eigenvalue weighted by molar-refractivity contribution is 6.01. The first kappa shape index (κ1) is 15.0. The fraction of sp³-hybridized carbons (Fsp3) is 0.235. The predicted octanol–water partition coefficient (Wildman–Crippen LogP) is 1.61. The van der Waals surface area contributed by atoms with Crippen molar-refractivity contribution in [3.05, 3.63) is 59.0 Å². The number of hydrogen-bond donors (Lipinski definition) is 1. The quantitative estimate of drug-likeness (QED) is 0.932. The van der Waals surface area contributed by atoms with Crippen molar-refractivity contribution in [3.8, 4) is 0 Å². The number of rotatable bonds is 4. The number of hydrogen-bond acceptors (Lipinski definition) is 3. The van der Waals surface area contributed by atoms with Crippen LogP contribution in [0.1, 0.15) is 12.8 Å². The maximum absolute atomic E-state index is 12.2. The molecule has 0 unspecified atom stereocenters. The summed E-state index contributed by atoms with van der Waals surface area (Å²) in [6.07, 6.45) is 2.92. The highest BCUT2D eigenvalue weighted by atomic mass is 16.2. The Bertz CT molecular complexity index is 797. The minimum Gasteiger partial charge on any atom is -0.323 e. The first-order valence-corrected chi connectivity index (χ1v) is 7.50. The summed E-state index contributed by atoms with van der Waals surface area (Å²) in [6, 6.07) is 11.9. The van der Waals surface area contributed by atoms with Crippen molar-refractivity contribution in [2.24, 2.45) is 0 Å². The van der Waals surface area contributed by atoms with Gasteiger partial charge in [-0.15, -0.1) is 0 Å². The highest BCUT2D eigenvalue weighted by Gasteiger charge is 2.24. The summed E-state index contributed by atoms with van der Waals surface area (Å²) in [7, 11) is 0. The molecule has 2 heterocycles. The molecule has 0 atom stereocenters. The zero-order valence-electron chi connectivity index (χ0n) is 12.6. The van der Waals surface area contributed by atoms with Gasteiger partial charge in [0.2, 0.25) is 11.8 Å². The number of nitrogens with one attached hydrogen (secondary N) is 1. The standard InChI is InChI=1S/C17H17N3O3/c21-15(12-19-10-4-3-8-16(19)22)18-13-6-1-2-7-14(13)20-11-5-9-17(20)23/h1-4,6-8,10H,5,9,11-12H2,(H,18,21). The molecule has 0 spiro atoms. The average molecular weight is 311 g/mol. The second-order valence-corrected chi connectivity index (χ2v) is 5.38. The van der Waals surface area contributed by atoms with E-state index >= 15 is 0 Å². The van der Waals surface area contributed by atoms with Crippen LogP contribution in [0.4, 0.5) is 11.4 Å². The van der Waals surface area contributed by atoms with Gasteiger partial charge >= 0.3 is 0 Å². The maximum atomic E-state index is 12.2. The van der Waals surface area contributed by atoms with Gasteiger partial charge in [-0.05, 0) is 24.6 Å². The molecule has 0 bridgehead atoms. The lowest BCUT2D eigenvalue weighted by Crippen LogP contribution is -2.28. The monoisotopic (exact) mass is 311 g/mol. The molecule has 1 saturated heterocycles. The third kappa shape index (κ3) is 3.31. The van der Waals surface area contributed by atoms with Crippen molar-refractivity contribution in [3.63, 3.8) is 0 Å². The molecule has 6 heteroatoms. The Kier molecular flexibility index (Phi) is 4.23. The molecule has 0 radical (unpaired) electrons. The van der Waals surface area contributed by atoms with Crippen LogP contribution in [0, 0.1) is 0 Å². The van der Waals surface area contributed by atoms with Crippen LogP contribution in [0.2, 0.25) is 0 Å². The largest absolute Gasteiger partial charge is 0.323 e. The van der Waals surface area contributed by atoms with E-state index in [1.165, 1.54) is 10.6 Å². The molecule has 2 aromatic rings. The van der Waals surface area contributed by atoms with E-state index in [0.29, 0.717) is 24.3 Å². The van der Waals surface area contributed by atoms with Gasteiger partial charge in [-0.25, -0.2) is 0 Å². The second-order valence-electron chi connectivity index (χ2n) is 5.38. The van der Waals surface area contributed by atoms with Gasteiger partial charge in [0.25, 0.3) is 5.56 Å². The summed E-state index contributed by atoms with van der Waals surface area (Å²) in [6.45, 7) is 0.589. The van der Waals surface area contributed by atoms with E-state index in [4.69, 9.17) is 0 Å². The van der Waals surface area contributed by atoms with Gasteiger partial charge < -0.3 is 14.8 Å². The Labute approximate surface area is 133 Å². The third-order valence-corrected chi connectivity index (χ3v) is 3.76. The summed E-state index contributed by atoms with van der Waals surface area (Å²) in [4.78, 5) is 37.5. The van der Waals surface area contributed by atoms with Gasteiger partial charge in [-0.2, -0.15) is 0 Å². The van der Waals surface area contributed by atoms with E-state index in [1.807, 2.05) is 12.1 Å². The smallest absolute Gasteiger partial charge is 0.250 e. The van der Waals surface area contributed by atoms with Crippen LogP contribution in [0.5, 0.6) is 0 Å². The van der Waals surface area contributed by atoms with Crippen molar-refractivity contribution in [1.82, 2.24) is 4.57 Å². The molecule has 23 heavy (non-hydrogen) atoms. The molecule has 118 valence electrons. The average Bonchev–Trinajstić information content (AvgIpc) is 2.96. The number of para-hydroxylation sites is 2. The van der Waals surface area contributed by atoms with Crippen LogP contribution in [0.3, 0.4) is 0 Å². The molecule has 1 fully saturated rings. The SMILES string of the molecule is O=C(Cn1ccccc1=O)Nc1ccccc1N1CCCC1=O. The van der Waals surface area contributed by atoms with E-state index in [9.17, 15) is 14.4 Å². The Morgan fingerprint density at radius 3 is 2.61 bits per heavy atom. The molecular formula is C17H17N3O3. The molecule has 1 aromatic carbocycles. The van der Waals surface area contributed by atoms with Crippen molar-refractivity contribution in [1.29, 1.82) is 0 Å². The van der Waals surface area contributed by atoms with Crippen LogP contribution in [-0.2, 0) is 16.1 Å². The zero-order chi connectivity index (χ0) is 16.2. The summed E-state index contributed by atoms with van der Waals surface area (Å²) < 4.78 is 1.33. The Morgan fingerprint density at radius 2 is 1.87 bits per heavy atom. The van der Waals surface area contributed by atoms with Gasteiger partial charge in [-0.3, -0.25) is 14.4 Å². The van der Waals surface area contributed by atoms with Crippen LogP contribution < -0.4 is 15.8 Å². The first-order chi connectivity index (χ1) is 11.1. The van der Waals surface area contributed by atoms with E-state index in [1.54, 1.807) is 35.4 Å². The van der Waals surface area contributed by atoms with Crippen molar-refractivity contribution >= 4 is 23.2 Å². The first-order valence-electron chi connectivity index (χ1n) is 7.50. The van der Waals surface area contributed by atoms with Gasteiger partial charge in [0.15, 0.2) is 0 Å². The number of amides is 2. The van der Waals surface area contributed by atoms with Crippen LogP contribution in [0.15, 0.2) is 53.5 Å². The van der Waals surface area contributed by atoms with E-state index < -0.39 is 0 Å². The third-order valence-electron chi connectivity index (χ3n) is 3.76. The highest BCUT2D eigenvalue weighted by Crippen LogP contribution is 2.29. The number of nitrogens with zero attached hydrogens (tertiary/aromatic N) is 2. The van der Waals surface area contributed by atoms with Crippen LogP contribution >= 0.6 is 0 Å². The molecular weight excluding hydrogens is 294 g/mol. The lowest BCUT2D eigenvalue weighted by molar-refractivity contribution is -0.117. The number of anilines is 2. The minimum absolute atomic E-state index is 0.0611. The fourth-order valence-corrected chi connectivity index (χ4v) is 2.65. The number of benzene rings is 1. The van der Waals surface area contributed by atoms with Crippen LogP contribution in [-0.4, -0.2) is 22.9 Å². The summed E-state index contributed by atoms with van der Waals surface area (Å²) >= 11 is 0. The number of carbonyl (C=O) groups excluding carboxylic acids is 2. The molecule has 3 rings (SSSR count). The number of aromatic nitrogens is 1. The maximum Gasteiger partial charge on any atom is 0.250 e. The van der Waals surface area contributed by atoms with Crippen LogP contribution in [0.25, 0.3) is 0 Å². The molecule has 1 N–H and O–H groups in total. The van der Waals surface area contributed by atoms with Crippen molar-refractivity contribution < 1.29 is 9.59 Å². The molecule has 1 aromatic heterocycles. The van der Waals surface area contributed by atoms with E-state index in [2.05, 4.69) is 5.32 Å². The second kappa shape index (κ2) is 6.48. The van der Waals surface area contributed by atoms with Gasteiger partial charge in [0.05, 0.1) is 11.4 Å². The molecule has 1 aliphatic heterocycles. The van der Waals surface area contributed by atoms with Crippen molar-refractivity contribution in [2.75, 3.05) is 16.8 Å². The normalized spacial score (nSPS) is 14.1. The minimum atomic E-state index is -0.308. The zero-order valence-corrected chi connectivity index (χ0v) is 12.6.